The van der Waals surface area contributed by atoms with Crippen LogP contribution in [-0.2, 0) is 4.43 Å². The van der Waals surface area contributed by atoms with Gasteiger partial charge in [-0.3, -0.25) is 4.98 Å². The molecule has 0 aromatic carbocycles. The summed E-state index contributed by atoms with van der Waals surface area (Å²) in [6.07, 6.45) is 18.6. The smallest absolute Gasteiger partial charge is 0.192 e. The third kappa shape index (κ3) is 3.73. The van der Waals surface area contributed by atoms with Crippen LogP contribution >= 0.6 is 0 Å². The van der Waals surface area contributed by atoms with Crippen LogP contribution in [0.25, 0.3) is 5.57 Å². The second-order valence-corrected chi connectivity index (χ2v) is 18.3. The Bertz CT molecular complexity index is 957. The number of fused-ring (bicyclic) bond motifs is 5. The normalized spacial score (nSPS) is 38.6. The number of hydrogen-bond donors (Lipinski definition) is 0. The van der Waals surface area contributed by atoms with Crippen LogP contribution in [0.5, 0.6) is 0 Å². The van der Waals surface area contributed by atoms with E-state index in [9.17, 15) is 0 Å². The van der Waals surface area contributed by atoms with Crippen molar-refractivity contribution in [1.82, 2.24) is 4.98 Å². The molecule has 0 bridgehead atoms. The van der Waals surface area contributed by atoms with Crippen molar-refractivity contribution >= 4 is 13.9 Å². The molecule has 1 heterocycles. The monoisotopic (exact) mass is 463 g/mol. The van der Waals surface area contributed by atoms with Gasteiger partial charge in [0, 0.05) is 18.5 Å². The van der Waals surface area contributed by atoms with Gasteiger partial charge in [0.2, 0.25) is 0 Å². The quantitative estimate of drug-likeness (QED) is 0.331. The summed E-state index contributed by atoms with van der Waals surface area (Å²) in [6, 6.07) is 4.36. The Morgan fingerprint density at radius 3 is 2.45 bits per heavy atom. The van der Waals surface area contributed by atoms with Gasteiger partial charge < -0.3 is 4.43 Å². The average Bonchev–Trinajstić information content (AvgIpc) is 3.11. The molecule has 1 unspecified atom stereocenters. The van der Waals surface area contributed by atoms with E-state index in [4.69, 9.17) is 4.43 Å². The lowest BCUT2D eigenvalue weighted by Crippen LogP contribution is -2.51. The zero-order chi connectivity index (χ0) is 23.6. The molecule has 0 spiro atoms. The van der Waals surface area contributed by atoms with Crippen LogP contribution in [0.15, 0.2) is 42.3 Å². The van der Waals surface area contributed by atoms with Gasteiger partial charge in [-0.05, 0) is 109 Å². The van der Waals surface area contributed by atoms with Gasteiger partial charge in [0.15, 0.2) is 8.32 Å². The molecule has 2 nitrogen and oxygen atoms in total. The molecular weight excluding hydrogens is 418 g/mol. The van der Waals surface area contributed by atoms with Crippen LogP contribution in [0.1, 0.15) is 85.1 Å². The van der Waals surface area contributed by atoms with Gasteiger partial charge in [-0.2, -0.15) is 0 Å². The Balaban J connectivity index is 1.36. The molecule has 1 aromatic heterocycles. The zero-order valence-electron chi connectivity index (χ0n) is 22.1. The summed E-state index contributed by atoms with van der Waals surface area (Å²) in [5.74, 6) is 2.44. The fraction of sp³-hybridized carbons (Fsp3) is 0.700. The van der Waals surface area contributed by atoms with Crippen LogP contribution in [0.4, 0.5) is 0 Å². The number of rotatable bonds is 3. The van der Waals surface area contributed by atoms with Crippen molar-refractivity contribution in [2.24, 2.45) is 28.6 Å². The molecule has 0 amide bonds. The first-order valence-corrected chi connectivity index (χ1v) is 16.3. The predicted molar refractivity (Wildman–Crippen MR) is 141 cm³/mol. The predicted octanol–water partition coefficient (Wildman–Crippen LogP) is 8.43. The minimum Gasteiger partial charge on any atom is -0.414 e. The number of pyridine rings is 1. The molecule has 2 fully saturated rings. The van der Waals surface area contributed by atoms with Gasteiger partial charge in [-0.1, -0.05) is 58.4 Å². The Morgan fingerprint density at radius 2 is 1.76 bits per heavy atom. The maximum atomic E-state index is 6.91. The lowest BCUT2D eigenvalue weighted by atomic mass is 9.47. The topological polar surface area (TPSA) is 22.1 Å². The van der Waals surface area contributed by atoms with Gasteiger partial charge in [-0.25, -0.2) is 0 Å². The van der Waals surface area contributed by atoms with Crippen molar-refractivity contribution in [1.29, 1.82) is 0 Å². The minimum atomic E-state index is -1.71. The van der Waals surface area contributed by atoms with Crippen molar-refractivity contribution in [3.8, 4) is 0 Å². The van der Waals surface area contributed by atoms with Crippen molar-refractivity contribution in [3.05, 3.63) is 47.8 Å². The SMILES string of the molecule is CC(C)(C)[Si](C)(C)O[C@H]1CC[C@@]2(C)C(=CCC3[C@@H]2CC[C@]2(C)C(c4cccnc4)=CC[C@@H]32)C1. The van der Waals surface area contributed by atoms with E-state index in [-0.39, 0.29) is 5.04 Å². The fourth-order valence-corrected chi connectivity index (χ4v) is 9.25. The van der Waals surface area contributed by atoms with Crippen molar-refractivity contribution in [2.75, 3.05) is 0 Å². The maximum absolute atomic E-state index is 6.91. The Hall–Kier alpha value is -1.19. The van der Waals surface area contributed by atoms with Crippen molar-refractivity contribution in [2.45, 2.75) is 104 Å². The second kappa shape index (κ2) is 7.91. The number of aromatic nitrogens is 1. The lowest BCUT2D eigenvalue weighted by molar-refractivity contribution is -0.0223. The largest absolute Gasteiger partial charge is 0.414 e. The summed E-state index contributed by atoms with van der Waals surface area (Å²) in [4.78, 5) is 4.43. The second-order valence-electron chi connectivity index (χ2n) is 13.6. The Labute approximate surface area is 203 Å². The van der Waals surface area contributed by atoms with E-state index in [1.54, 1.807) is 11.1 Å². The number of nitrogens with zero attached hydrogens (tertiary/aromatic N) is 1. The molecule has 0 N–H and O–H groups in total. The number of allylic oxidation sites excluding steroid dienone is 3. The van der Waals surface area contributed by atoms with Crippen LogP contribution in [0, 0.1) is 28.6 Å². The van der Waals surface area contributed by atoms with E-state index in [1.165, 1.54) is 50.5 Å². The van der Waals surface area contributed by atoms with E-state index < -0.39 is 8.32 Å². The minimum absolute atomic E-state index is 0.287. The molecule has 4 aliphatic rings. The summed E-state index contributed by atoms with van der Waals surface area (Å²) in [5.41, 5.74) is 5.36. The van der Waals surface area contributed by atoms with Crippen LogP contribution in [0.2, 0.25) is 18.1 Å². The van der Waals surface area contributed by atoms with Gasteiger partial charge in [0.25, 0.3) is 0 Å². The molecule has 1 aromatic rings. The molecule has 0 saturated heterocycles. The molecule has 0 radical (unpaired) electrons. The van der Waals surface area contributed by atoms with Gasteiger partial charge in [0.05, 0.1) is 0 Å². The lowest BCUT2D eigenvalue weighted by Gasteiger charge is -2.58. The van der Waals surface area contributed by atoms with E-state index in [1.807, 2.05) is 6.20 Å². The molecule has 33 heavy (non-hydrogen) atoms. The highest BCUT2D eigenvalue weighted by molar-refractivity contribution is 6.74. The highest BCUT2D eigenvalue weighted by atomic mass is 28.4. The summed E-state index contributed by atoms with van der Waals surface area (Å²) < 4.78 is 6.91. The molecule has 5 rings (SSSR count). The van der Waals surface area contributed by atoms with E-state index in [0.29, 0.717) is 16.9 Å². The van der Waals surface area contributed by atoms with E-state index in [0.717, 1.165) is 17.8 Å². The first-order chi connectivity index (χ1) is 15.5. The maximum Gasteiger partial charge on any atom is 0.192 e. The first kappa shape index (κ1) is 23.5. The third-order valence-electron chi connectivity index (χ3n) is 10.9. The van der Waals surface area contributed by atoms with Gasteiger partial charge in [0.1, 0.15) is 0 Å². The fourth-order valence-electron chi connectivity index (χ4n) is 7.86. The number of hydrogen-bond acceptors (Lipinski definition) is 2. The van der Waals surface area contributed by atoms with Crippen LogP contribution in [0.3, 0.4) is 0 Å². The molecule has 3 heteroatoms. The summed E-state index contributed by atoms with van der Waals surface area (Å²) in [7, 11) is -1.71. The first-order valence-electron chi connectivity index (χ1n) is 13.4. The third-order valence-corrected chi connectivity index (χ3v) is 15.4. The van der Waals surface area contributed by atoms with Crippen molar-refractivity contribution in [3.63, 3.8) is 0 Å². The van der Waals surface area contributed by atoms with E-state index in [2.05, 4.69) is 83.2 Å². The average molecular weight is 464 g/mol. The summed E-state index contributed by atoms with van der Waals surface area (Å²) in [5, 5.41) is 0.287. The molecule has 0 aliphatic heterocycles. The molecule has 180 valence electrons. The van der Waals surface area contributed by atoms with E-state index >= 15 is 0 Å². The molecule has 6 atom stereocenters. The summed E-state index contributed by atoms with van der Waals surface area (Å²) >= 11 is 0. The summed E-state index contributed by atoms with van der Waals surface area (Å²) in [6.45, 7) is 17.1. The Kier molecular flexibility index (Phi) is 5.65. The van der Waals surface area contributed by atoms with Gasteiger partial charge >= 0.3 is 0 Å². The van der Waals surface area contributed by atoms with Crippen LogP contribution < -0.4 is 0 Å². The zero-order valence-corrected chi connectivity index (χ0v) is 23.1. The highest BCUT2D eigenvalue weighted by Crippen LogP contribution is 2.66. The molecular formula is C30H45NOSi. The molecule has 2 saturated carbocycles. The van der Waals surface area contributed by atoms with Crippen molar-refractivity contribution < 1.29 is 4.43 Å². The Morgan fingerprint density at radius 1 is 1.00 bits per heavy atom. The highest BCUT2D eigenvalue weighted by Gasteiger charge is 2.57. The van der Waals surface area contributed by atoms with Gasteiger partial charge in [-0.15, -0.1) is 0 Å². The van der Waals surface area contributed by atoms with Crippen LogP contribution in [-0.4, -0.2) is 19.4 Å². The molecule has 4 aliphatic carbocycles. The standard InChI is InChI=1S/C30H45NOSi/c1-28(2,3)33(6,7)32-23-14-16-29(4)22(19-23)10-11-24-26-13-12-25(21-9-8-18-31-20-21)30(26,5)17-15-27(24)29/h8-10,12,18,20,23-24,26-27H,11,13-17,19H2,1-7H3/t23-,24?,26-,27-,29-,30+/m0/s1.